The van der Waals surface area contributed by atoms with Gasteiger partial charge in [-0.3, -0.25) is 9.10 Å². The van der Waals surface area contributed by atoms with Crippen LogP contribution in [0.15, 0.2) is 83.8 Å². The molecule has 0 fully saturated rings. The van der Waals surface area contributed by atoms with Crippen LogP contribution in [0.4, 0.5) is 5.69 Å². The standard InChI is InChI=1S/C24H24N2O3S/c1-26(30(28,29)19-12-3-2-4-13-19)23-17-8-7-15-21(23)24(27)25-22-16-9-11-18-10-5-6-14-20(18)22/h2-8,10,12-15,17,22H,9,11,16H2,1H3,(H,25,27). The summed E-state index contributed by atoms with van der Waals surface area (Å²) in [4.78, 5) is 13.4. The number of carbonyl (C=O) groups is 1. The topological polar surface area (TPSA) is 66.5 Å². The summed E-state index contributed by atoms with van der Waals surface area (Å²) < 4.78 is 27.3. The van der Waals surface area contributed by atoms with Crippen LogP contribution < -0.4 is 9.62 Å². The molecule has 1 amide bonds. The summed E-state index contributed by atoms with van der Waals surface area (Å²) in [6.07, 6.45) is 2.88. The monoisotopic (exact) mass is 420 g/mol. The number of nitrogens with zero attached hydrogens (tertiary/aromatic N) is 1. The molecule has 0 spiro atoms. The molecule has 6 heteroatoms. The van der Waals surface area contributed by atoms with Crippen molar-refractivity contribution in [1.82, 2.24) is 5.32 Å². The summed E-state index contributed by atoms with van der Waals surface area (Å²) in [5.74, 6) is -0.276. The van der Waals surface area contributed by atoms with Gasteiger partial charge in [0, 0.05) is 7.05 Å². The Morgan fingerprint density at radius 1 is 0.933 bits per heavy atom. The first-order valence-corrected chi connectivity index (χ1v) is 11.4. The largest absolute Gasteiger partial charge is 0.345 e. The van der Waals surface area contributed by atoms with E-state index in [9.17, 15) is 13.2 Å². The summed E-state index contributed by atoms with van der Waals surface area (Å²) in [7, 11) is -2.30. The van der Waals surface area contributed by atoms with Crippen molar-refractivity contribution in [1.29, 1.82) is 0 Å². The number of nitrogens with one attached hydrogen (secondary N) is 1. The number of benzene rings is 3. The van der Waals surface area contributed by atoms with Crippen LogP contribution in [-0.4, -0.2) is 21.4 Å². The number of fused-ring (bicyclic) bond motifs is 1. The third-order valence-electron chi connectivity index (χ3n) is 5.56. The number of sulfonamides is 1. The fourth-order valence-corrected chi connectivity index (χ4v) is 5.20. The zero-order valence-electron chi connectivity index (χ0n) is 16.8. The van der Waals surface area contributed by atoms with Crippen LogP contribution in [0.5, 0.6) is 0 Å². The van der Waals surface area contributed by atoms with Gasteiger partial charge < -0.3 is 5.32 Å². The summed E-state index contributed by atoms with van der Waals surface area (Å²) in [5, 5.41) is 3.12. The Morgan fingerprint density at radius 3 is 2.40 bits per heavy atom. The third-order valence-corrected chi connectivity index (χ3v) is 7.35. The molecule has 0 bridgehead atoms. The van der Waals surface area contributed by atoms with E-state index in [2.05, 4.69) is 17.4 Å². The van der Waals surface area contributed by atoms with Gasteiger partial charge in [0.2, 0.25) is 0 Å². The maximum Gasteiger partial charge on any atom is 0.264 e. The Kier molecular flexibility index (Phi) is 5.59. The van der Waals surface area contributed by atoms with Crippen molar-refractivity contribution in [3.8, 4) is 0 Å². The van der Waals surface area contributed by atoms with Gasteiger partial charge in [-0.1, -0.05) is 54.6 Å². The Bertz CT molecular complexity index is 1160. The van der Waals surface area contributed by atoms with Crippen molar-refractivity contribution < 1.29 is 13.2 Å². The van der Waals surface area contributed by atoms with Gasteiger partial charge in [-0.15, -0.1) is 0 Å². The lowest BCUT2D eigenvalue weighted by Gasteiger charge is -2.27. The van der Waals surface area contributed by atoms with Crippen molar-refractivity contribution in [2.24, 2.45) is 0 Å². The molecular weight excluding hydrogens is 396 g/mol. The lowest BCUT2D eigenvalue weighted by molar-refractivity contribution is 0.0933. The average Bonchev–Trinajstić information content (AvgIpc) is 2.79. The van der Waals surface area contributed by atoms with E-state index in [1.807, 2.05) is 12.1 Å². The molecular formula is C24H24N2O3S. The van der Waals surface area contributed by atoms with Gasteiger partial charge in [0.1, 0.15) is 0 Å². The highest BCUT2D eigenvalue weighted by atomic mass is 32.2. The number of hydrogen-bond acceptors (Lipinski definition) is 3. The molecule has 4 rings (SSSR count). The quantitative estimate of drug-likeness (QED) is 0.669. The molecule has 30 heavy (non-hydrogen) atoms. The second kappa shape index (κ2) is 8.32. The summed E-state index contributed by atoms with van der Waals surface area (Å²) >= 11 is 0. The van der Waals surface area contributed by atoms with Gasteiger partial charge in [-0.2, -0.15) is 0 Å². The minimum atomic E-state index is -3.78. The maximum atomic E-state index is 13.2. The second-order valence-corrected chi connectivity index (χ2v) is 9.39. The predicted octanol–water partition coefficient (Wildman–Crippen LogP) is 4.32. The summed E-state index contributed by atoms with van der Waals surface area (Å²) in [5.41, 5.74) is 3.08. The predicted molar refractivity (Wildman–Crippen MR) is 118 cm³/mol. The van der Waals surface area contributed by atoms with Crippen molar-refractivity contribution in [3.05, 3.63) is 95.6 Å². The Morgan fingerprint density at radius 2 is 1.60 bits per heavy atom. The number of aryl methyl sites for hydroxylation is 1. The van der Waals surface area contributed by atoms with Gasteiger partial charge in [-0.05, 0) is 54.7 Å². The number of anilines is 1. The van der Waals surface area contributed by atoms with Gasteiger partial charge in [0.05, 0.1) is 22.2 Å². The average molecular weight is 421 g/mol. The highest BCUT2D eigenvalue weighted by molar-refractivity contribution is 7.92. The first-order chi connectivity index (χ1) is 14.5. The smallest absolute Gasteiger partial charge is 0.264 e. The molecule has 3 aromatic carbocycles. The minimum Gasteiger partial charge on any atom is -0.345 e. The molecule has 0 saturated carbocycles. The molecule has 1 aliphatic carbocycles. The number of carbonyl (C=O) groups excluding carboxylic acids is 1. The molecule has 1 aliphatic rings. The Balaban J connectivity index is 1.63. The third kappa shape index (κ3) is 3.83. The normalized spacial score (nSPS) is 15.8. The minimum absolute atomic E-state index is 0.0773. The van der Waals surface area contributed by atoms with Gasteiger partial charge in [0.15, 0.2) is 0 Å². The van der Waals surface area contributed by atoms with E-state index in [1.165, 1.54) is 16.9 Å². The van der Waals surface area contributed by atoms with Gasteiger partial charge in [0.25, 0.3) is 15.9 Å². The number of para-hydroxylation sites is 1. The van der Waals surface area contributed by atoms with Crippen molar-refractivity contribution in [3.63, 3.8) is 0 Å². The first-order valence-electron chi connectivity index (χ1n) is 10.00. The highest BCUT2D eigenvalue weighted by Crippen LogP contribution is 2.31. The molecule has 5 nitrogen and oxygen atoms in total. The molecule has 1 N–H and O–H groups in total. The van der Waals surface area contributed by atoms with Crippen LogP contribution in [0.2, 0.25) is 0 Å². The lowest BCUT2D eigenvalue weighted by Crippen LogP contribution is -2.33. The van der Waals surface area contributed by atoms with Crippen LogP contribution >= 0.6 is 0 Å². The zero-order chi connectivity index (χ0) is 21.1. The Hall–Kier alpha value is -3.12. The SMILES string of the molecule is CN(c1ccccc1C(=O)NC1CCCc2ccccc21)S(=O)(=O)c1ccccc1. The van der Waals surface area contributed by atoms with Gasteiger partial charge in [-0.25, -0.2) is 8.42 Å². The van der Waals surface area contributed by atoms with E-state index in [-0.39, 0.29) is 16.8 Å². The molecule has 0 saturated heterocycles. The van der Waals surface area contributed by atoms with E-state index in [0.717, 1.165) is 24.8 Å². The highest BCUT2D eigenvalue weighted by Gasteiger charge is 2.27. The summed E-state index contributed by atoms with van der Waals surface area (Å²) in [6.45, 7) is 0. The van der Waals surface area contributed by atoms with Crippen molar-refractivity contribution in [2.45, 2.75) is 30.2 Å². The molecule has 0 aliphatic heterocycles. The lowest BCUT2D eigenvalue weighted by atomic mass is 9.87. The van der Waals surface area contributed by atoms with Crippen LogP contribution in [0.25, 0.3) is 0 Å². The molecule has 154 valence electrons. The fourth-order valence-electron chi connectivity index (χ4n) is 3.96. The van der Waals surface area contributed by atoms with E-state index in [0.29, 0.717) is 11.3 Å². The van der Waals surface area contributed by atoms with Crippen LogP contribution in [-0.2, 0) is 16.4 Å². The number of amides is 1. The first kappa shape index (κ1) is 20.2. The molecule has 1 unspecified atom stereocenters. The molecule has 0 radical (unpaired) electrons. The van der Waals surface area contributed by atoms with Crippen LogP contribution in [0.1, 0.15) is 40.4 Å². The number of hydrogen-bond donors (Lipinski definition) is 1. The van der Waals surface area contributed by atoms with E-state index >= 15 is 0 Å². The number of rotatable bonds is 5. The second-order valence-electron chi connectivity index (χ2n) is 7.42. The van der Waals surface area contributed by atoms with Crippen LogP contribution in [0.3, 0.4) is 0 Å². The fraction of sp³-hybridized carbons (Fsp3) is 0.208. The van der Waals surface area contributed by atoms with E-state index in [1.54, 1.807) is 54.6 Å². The summed E-state index contributed by atoms with van der Waals surface area (Å²) in [6, 6.07) is 23.1. The van der Waals surface area contributed by atoms with Gasteiger partial charge >= 0.3 is 0 Å². The van der Waals surface area contributed by atoms with Crippen molar-refractivity contribution in [2.75, 3.05) is 11.4 Å². The maximum absolute atomic E-state index is 13.2. The van der Waals surface area contributed by atoms with Crippen molar-refractivity contribution >= 4 is 21.6 Å². The zero-order valence-corrected chi connectivity index (χ0v) is 17.6. The molecule has 1 atom stereocenters. The van der Waals surface area contributed by atoms with Crippen LogP contribution in [0, 0.1) is 0 Å². The molecule has 0 aromatic heterocycles. The molecule has 0 heterocycles. The van der Waals surface area contributed by atoms with E-state index < -0.39 is 10.0 Å². The van der Waals surface area contributed by atoms with E-state index in [4.69, 9.17) is 0 Å². The molecule has 3 aromatic rings. The Labute approximate surface area is 177 Å².